The van der Waals surface area contributed by atoms with Crippen molar-refractivity contribution in [2.75, 3.05) is 26.4 Å². The van der Waals surface area contributed by atoms with Crippen molar-refractivity contribution in [1.82, 2.24) is 0 Å². The maximum atomic E-state index is 12.1. The summed E-state index contributed by atoms with van der Waals surface area (Å²) < 4.78 is 20.1. The van der Waals surface area contributed by atoms with E-state index in [1.807, 2.05) is 0 Å². The zero-order chi connectivity index (χ0) is 16.2. The number of esters is 2. The largest absolute Gasteiger partial charge is 0.498 e. The van der Waals surface area contributed by atoms with Crippen LogP contribution in [0, 0.1) is 11.8 Å². The average molecular weight is 312 g/mol. The highest BCUT2D eigenvalue weighted by Crippen LogP contribution is 2.32. The highest BCUT2D eigenvalue weighted by Gasteiger charge is 2.37. The van der Waals surface area contributed by atoms with Crippen LogP contribution in [0.5, 0.6) is 0 Å². The molecule has 0 aromatic heterocycles. The van der Waals surface area contributed by atoms with E-state index in [0.29, 0.717) is 12.8 Å². The van der Waals surface area contributed by atoms with Gasteiger partial charge in [-0.2, -0.15) is 0 Å². The molecule has 6 heteroatoms. The molecule has 1 aliphatic carbocycles. The van der Waals surface area contributed by atoms with Crippen LogP contribution in [0.3, 0.4) is 0 Å². The molecule has 1 saturated carbocycles. The molecular weight excluding hydrogens is 288 g/mol. The molecule has 0 N–H and O–H groups in total. The Kier molecular flexibility index (Phi) is 8.79. The summed E-state index contributed by atoms with van der Waals surface area (Å²) in [6.07, 6.45) is 5.69. The Morgan fingerprint density at radius 2 is 1.23 bits per heavy atom. The number of ether oxygens (including phenoxy) is 4. The fourth-order valence-electron chi connectivity index (χ4n) is 2.46. The van der Waals surface area contributed by atoms with Gasteiger partial charge in [0.2, 0.25) is 0 Å². The van der Waals surface area contributed by atoms with E-state index in [-0.39, 0.29) is 38.4 Å². The standard InChI is InChI=1S/C16H24O6/c1-3-19-9-11-21-15(17)13-7-5-6-8-14(13)16(18)22-12-10-20-4-2/h3-4,13-14H,1-2,5-12H2. The molecule has 1 rings (SSSR count). The molecule has 0 heterocycles. The molecule has 0 aliphatic heterocycles. The predicted octanol–water partition coefficient (Wildman–Crippen LogP) is 2.20. The Bertz CT molecular complexity index is 343. The van der Waals surface area contributed by atoms with Gasteiger partial charge in [0.05, 0.1) is 24.4 Å². The second-order valence-corrected chi connectivity index (χ2v) is 4.91. The minimum Gasteiger partial charge on any atom is -0.498 e. The average Bonchev–Trinajstić information content (AvgIpc) is 2.55. The first kappa shape index (κ1) is 18.1. The van der Waals surface area contributed by atoms with Crippen LogP contribution in [0.25, 0.3) is 0 Å². The number of hydrogen-bond acceptors (Lipinski definition) is 6. The third-order valence-electron chi connectivity index (χ3n) is 3.50. The van der Waals surface area contributed by atoms with Gasteiger partial charge in [0, 0.05) is 0 Å². The van der Waals surface area contributed by atoms with Crippen LogP contribution in [0.2, 0.25) is 0 Å². The van der Waals surface area contributed by atoms with Crippen LogP contribution in [-0.2, 0) is 28.5 Å². The first-order chi connectivity index (χ1) is 10.7. The smallest absolute Gasteiger partial charge is 0.309 e. The molecule has 2 atom stereocenters. The maximum absolute atomic E-state index is 12.1. The van der Waals surface area contributed by atoms with Crippen LogP contribution in [-0.4, -0.2) is 38.4 Å². The highest BCUT2D eigenvalue weighted by atomic mass is 16.6. The lowest BCUT2D eigenvalue weighted by Gasteiger charge is -2.28. The van der Waals surface area contributed by atoms with Gasteiger partial charge in [-0.05, 0) is 12.8 Å². The number of carbonyl (C=O) groups excluding carboxylic acids is 2. The first-order valence-electron chi connectivity index (χ1n) is 7.49. The molecule has 0 amide bonds. The minimum absolute atomic E-state index is 0.149. The molecule has 6 nitrogen and oxygen atoms in total. The summed E-state index contributed by atoms with van der Waals surface area (Å²) in [4.78, 5) is 24.2. The van der Waals surface area contributed by atoms with Gasteiger partial charge in [-0.25, -0.2) is 0 Å². The van der Waals surface area contributed by atoms with E-state index < -0.39 is 11.8 Å². The van der Waals surface area contributed by atoms with Crippen molar-refractivity contribution in [3.05, 3.63) is 25.7 Å². The van der Waals surface area contributed by atoms with Gasteiger partial charge >= 0.3 is 11.9 Å². The van der Waals surface area contributed by atoms with Crippen molar-refractivity contribution in [3.63, 3.8) is 0 Å². The normalized spacial score (nSPS) is 20.5. The van der Waals surface area contributed by atoms with E-state index in [9.17, 15) is 9.59 Å². The SMILES string of the molecule is C=COCCOC(=O)C1CCCCC1C(=O)OCCOC=C. The molecule has 0 aromatic rings. The van der Waals surface area contributed by atoms with Gasteiger partial charge in [0.25, 0.3) is 0 Å². The lowest BCUT2D eigenvalue weighted by atomic mass is 9.79. The van der Waals surface area contributed by atoms with Crippen LogP contribution in [0.1, 0.15) is 25.7 Å². The van der Waals surface area contributed by atoms with Crippen molar-refractivity contribution >= 4 is 11.9 Å². The summed E-state index contributed by atoms with van der Waals surface area (Å²) in [5.74, 6) is -1.61. The summed E-state index contributed by atoms with van der Waals surface area (Å²) in [5, 5.41) is 0. The molecule has 2 unspecified atom stereocenters. The van der Waals surface area contributed by atoms with Crippen LogP contribution in [0.15, 0.2) is 25.7 Å². The van der Waals surface area contributed by atoms with Crippen molar-refractivity contribution in [2.24, 2.45) is 11.8 Å². The van der Waals surface area contributed by atoms with Gasteiger partial charge in [0.1, 0.15) is 26.4 Å². The molecule has 1 fully saturated rings. The van der Waals surface area contributed by atoms with Crippen molar-refractivity contribution in [2.45, 2.75) is 25.7 Å². The quantitative estimate of drug-likeness (QED) is 0.350. The molecule has 0 aromatic carbocycles. The summed E-state index contributed by atoms with van der Waals surface area (Å²) in [5.41, 5.74) is 0. The van der Waals surface area contributed by atoms with E-state index in [2.05, 4.69) is 13.2 Å². The summed E-state index contributed by atoms with van der Waals surface area (Å²) >= 11 is 0. The molecular formula is C16H24O6. The van der Waals surface area contributed by atoms with Crippen LogP contribution < -0.4 is 0 Å². The Labute approximate surface area is 131 Å². The van der Waals surface area contributed by atoms with E-state index >= 15 is 0 Å². The molecule has 22 heavy (non-hydrogen) atoms. The third-order valence-corrected chi connectivity index (χ3v) is 3.50. The molecule has 124 valence electrons. The van der Waals surface area contributed by atoms with Gasteiger partial charge in [-0.15, -0.1) is 0 Å². The van der Waals surface area contributed by atoms with Crippen LogP contribution in [0.4, 0.5) is 0 Å². The Morgan fingerprint density at radius 3 is 1.59 bits per heavy atom. The van der Waals surface area contributed by atoms with Gasteiger partial charge < -0.3 is 18.9 Å². The van der Waals surface area contributed by atoms with Gasteiger partial charge in [-0.3, -0.25) is 9.59 Å². The predicted molar refractivity (Wildman–Crippen MR) is 79.7 cm³/mol. The zero-order valence-electron chi connectivity index (χ0n) is 12.8. The fraction of sp³-hybridized carbons (Fsp3) is 0.625. The summed E-state index contributed by atoms with van der Waals surface area (Å²) in [7, 11) is 0. The van der Waals surface area contributed by atoms with E-state index in [1.165, 1.54) is 12.5 Å². The van der Waals surface area contributed by atoms with Crippen molar-refractivity contribution < 1.29 is 28.5 Å². The summed E-state index contributed by atoms with van der Waals surface area (Å²) in [6, 6.07) is 0. The van der Waals surface area contributed by atoms with Crippen molar-refractivity contribution in [1.29, 1.82) is 0 Å². The Balaban J connectivity index is 2.43. The Morgan fingerprint density at radius 1 is 0.818 bits per heavy atom. The lowest BCUT2D eigenvalue weighted by molar-refractivity contribution is -0.163. The monoisotopic (exact) mass is 312 g/mol. The highest BCUT2D eigenvalue weighted by molar-refractivity contribution is 5.82. The maximum Gasteiger partial charge on any atom is 0.309 e. The summed E-state index contributed by atoms with van der Waals surface area (Å²) in [6.45, 7) is 7.63. The van der Waals surface area contributed by atoms with E-state index in [4.69, 9.17) is 18.9 Å². The topological polar surface area (TPSA) is 71.1 Å². The van der Waals surface area contributed by atoms with Gasteiger partial charge in [0.15, 0.2) is 0 Å². The third kappa shape index (κ3) is 6.20. The molecule has 0 saturated heterocycles. The molecule has 0 radical (unpaired) electrons. The van der Waals surface area contributed by atoms with E-state index in [1.54, 1.807) is 0 Å². The van der Waals surface area contributed by atoms with Gasteiger partial charge in [-0.1, -0.05) is 26.0 Å². The second kappa shape index (κ2) is 10.7. The molecule has 0 spiro atoms. The number of hydrogen-bond donors (Lipinski definition) is 0. The number of carbonyl (C=O) groups is 2. The molecule has 0 bridgehead atoms. The molecule has 1 aliphatic rings. The Hall–Kier alpha value is -1.98. The lowest BCUT2D eigenvalue weighted by Crippen LogP contribution is -2.35. The second-order valence-electron chi connectivity index (χ2n) is 4.91. The first-order valence-corrected chi connectivity index (χ1v) is 7.49. The zero-order valence-corrected chi connectivity index (χ0v) is 12.8. The minimum atomic E-state index is -0.440. The van der Waals surface area contributed by atoms with E-state index in [0.717, 1.165) is 12.8 Å². The van der Waals surface area contributed by atoms with Crippen molar-refractivity contribution in [3.8, 4) is 0 Å². The van der Waals surface area contributed by atoms with Crippen LogP contribution >= 0.6 is 0 Å². The fourth-order valence-corrected chi connectivity index (χ4v) is 2.46. The number of rotatable bonds is 10.